The Labute approximate surface area is 166 Å². The van der Waals surface area contributed by atoms with Gasteiger partial charge in [-0.25, -0.2) is 4.98 Å². The number of benzene rings is 2. The third kappa shape index (κ3) is 4.47. The largest absolute Gasteiger partial charge is 0.451 e. The summed E-state index contributed by atoms with van der Waals surface area (Å²) in [5.41, 5.74) is 1.89. The lowest BCUT2D eigenvalue weighted by Gasteiger charge is -2.14. The second kappa shape index (κ2) is 8.35. The summed E-state index contributed by atoms with van der Waals surface area (Å²) in [4.78, 5) is 41.2. The zero-order chi connectivity index (χ0) is 21.0. The molecule has 1 unspecified atom stereocenters. The van der Waals surface area contributed by atoms with Crippen molar-refractivity contribution in [3.8, 4) is 6.07 Å². The molecule has 0 aliphatic carbocycles. The first-order valence-electron chi connectivity index (χ1n) is 8.84. The Morgan fingerprint density at radius 1 is 1.28 bits per heavy atom. The van der Waals surface area contributed by atoms with E-state index in [2.05, 4.69) is 10.3 Å². The Kier molecular flexibility index (Phi) is 5.69. The highest BCUT2D eigenvalue weighted by molar-refractivity contribution is 5.95. The number of aromatic nitrogens is 2. The molecule has 0 bridgehead atoms. The number of nitriles is 1. The molecule has 0 saturated heterocycles. The van der Waals surface area contributed by atoms with Crippen LogP contribution in [0.2, 0.25) is 0 Å². The van der Waals surface area contributed by atoms with Gasteiger partial charge in [0, 0.05) is 5.69 Å². The van der Waals surface area contributed by atoms with Crippen molar-refractivity contribution in [2.75, 3.05) is 5.32 Å². The van der Waals surface area contributed by atoms with E-state index in [0.717, 1.165) is 10.1 Å². The molecule has 29 heavy (non-hydrogen) atoms. The average molecular weight is 390 g/mol. The van der Waals surface area contributed by atoms with E-state index in [0.29, 0.717) is 22.2 Å². The Bertz CT molecular complexity index is 1190. The van der Waals surface area contributed by atoms with Crippen molar-refractivity contribution >= 4 is 28.5 Å². The SMILES string of the molecule is Cc1cccc2c(=O)n(CC(=O)OC(C)C(=O)Nc3cccc(C#N)c3)cnc12. The van der Waals surface area contributed by atoms with Crippen LogP contribution in [0, 0.1) is 18.3 Å². The van der Waals surface area contributed by atoms with Crippen molar-refractivity contribution in [1.29, 1.82) is 5.26 Å². The second-order valence-corrected chi connectivity index (χ2v) is 6.46. The normalized spacial score (nSPS) is 11.5. The van der Waals surface area contributed by atoms with E-state index < -0.39 is 18.0 Å². The molecule has 3 aromatic rings. The lowest BCUT2D eigenvalue weighted by Crippen LogP contribution is -2.33. The molecule has 1 atom stereocenters. The molecule has 0 spiro atoms. The minimum absolute atomic E-state index is 0.360. The number of rotatable bonds is 5. The maximum atomic E-state index is 12.5. The summed E-state index contributed by atoms with van der Waals surface area (Å²) in [6.07, 6.45) is 0.205. The predicted octanol–water partition coefficient (Wildman–Crippen LogP) is 2.15. The molecule has 8 heteroatoms. The number of para-hydroxylation sites is 1. The van der Waals surface area contributed by atoms with Crippen LogP contribution in [-0.4, -0.2) is 27.5 Å². The molecule has 2 aromatic carbocycles. The molecule has 0 saturated carbocycles. The van der Waals surface area contributed by atoms with Crippen LogP contribution >= 0.6 is 0 Å². The summed E-state index contributed by atoms with van der Waals surface area (Å²) in [6.45, 7) is 2.91. The Balaban J connectivity index is 1.66. The van der Waals surface area contributed by atoms with Crippen molar-refractivity contribution < 1.29 is 14.3 Å². The number of nitrogens with one attached hydrogen (secondary N) is 1. The first kappa shape index (κ1) is 19.8. The minimum atomic E-state index is -1.08. The van der Waals surface area contributed by atoms with Gasteiger partial charge in [-0.15, -0.1) is 0 Å². The van der Waals surface area contributed by atoms with Gasteiger partial charge in [0.25, 0.3) is 11.5 Å². The fraction of sp³-hybridized carbons (Fsp3) is 0.190. The van der Waals surface area contributed by atoms with E-state index in [1.165, 1.54) is 19.3 Å². The predicted molar refractivity (Wildman–Crippen MR) is 106 cm³/mol. The number of anilines is 1. The quantitative estimate of drug-likeness (QED) is 0.668. The smallest absolute Gasteiger partial charge is 0.326 e. The van der Waals surface area contributed by atoms with Gasteiger partial charge >= 0.3 is 5.97 Å². The van der Waals surface area contributed by atoms with Crippen molar-refractivity contribution in [3.63, 3.8) is 0 Å². The molecule has 1 N–H and O–H groups in total. The zero-order valence-electron chi connectivity index (χ0n) is 15.9. The van der Waals surface area contributed by atoms with E-state index in [-0.39, 0.29) is 12.1 Å². The van der Waals surface area contributed by atoms with Crippen LogP contribution in [0.3, 0.4) is 0 Å². The summed E-state index contributed by atoms with van der Waals surface area (Å²) in [5, 5.41) is 11.9. The summed E-state index contributed by atoms with van der Waals surface area (Å²) in [6, 6.07) is 13.6. The van der Waals surface area contributed by atoms with E-state index in [1.807, 2.05) is 19.1 Å². The average Bonchev–Trinajstić information content (AvgIpc) is 2.70. The fourth-order valence-corrected chi connectivity index (χ4v) is 2.79. The number of hydrogen-bond acceptors (Lipinski definition) is 6. The first-order chi connectivity index (χ1) is 13.9. The summed E-state index contributed by atoms with van der Waals surface area (Å²) < 4.78 is 6.28. The topological polar surface area (TPSA) is 114 Å². The van der Waals surface area contributed by atoms with Crippen LogP contribution in [0.15, 0.2) is 53.6 Å². The molecule has 1 amide bonds. The third-order valence-corrected chi connectivity index (χ3v) is 4.29. The van der Waals surface area contributed by atoms with Crippen LogP contribution < -0.4 is 10.9 Å². The molecule has 0 aliphatic rings. The van der Waals surface area contributed by atoms with E-state index in [4.69, 9.17) is 10.00 Å². The van der Waals surface area contributed by atoms with Crippen LogP contribution in [0.25, 0.3) is 10.9 Å². The van der Waals surface area contributed by atoms with E-state index in [1.54, 1.807) is 30.3 Å². The lowest BCUT2D eigenvalue weighted by atomic mass is 10.1. The zero-order valence-corrected chi connectivity index (χ0v) is 15.9. The van der Waals surface area contributed by atoms with Gasteiger partial charge in [-0.2, -0.15) is 5.26 Å². The minimum Gasteiger partial charge on any atom is -0.451 e. The molecular weight excluding hydrogens is 372 g/mol. The number of ether oxygens (including phenoxy) is 1. The number of carbonyl (C=O) groups excluding carboxylic acids is 2. The van der Waals surface area contributed by atoms with Gasteiger partial charge in [-0.05, 0) is 43.7 Å². The van der Waals surface area contributed by atoms with E-state index >= 15 is 0 Å². The molecule has 3 rings (SSSR count). The maximum Gasteiger partial charge on any atom is 0.326 e. The van der Waals surface area contributed by atoms with Crippen LogP contribution in [-0.2, 0) is 20.9 Å². The van der Waals surface area contributed by atoms with Crippen molar-refractivity contribution in [2.45, 2.75) is 26.5 Å². The number of hydrogen-bond donors (Lipinski definition) is 1. The van der Waals surface area contributed by atoms with Gasteiger partial charge in [0.05, 0.1) is 28.9 Å². The second-order valence-electron chi connectivity index (χ2n) is 6.46. The van der Waals surface area contributed by atoms with E-state index in [9.17, 15) is 14.4 Å². The number of carbonyl (C=O) groups is 2. The fourth-order valence-electron chi connectivity index (χ4n) is 2.79. The number of amides is 1. The Morgan fingerprint density at radius 2 is 2.03 bits per heavy atom. The molecule has 0 aliphatic heterocycles. The Morgan fingerprint density at radius 3 is 2.79 bits per heavy atom. The van der Waals surface area contributed by atoms with Crippen molar-refractivity contribution in [3.05, 3.63) is 70.3 Å². The van der Waals surface area contributed by atoms with Crippen LogP contribution in [0.1, 0.15) is 18.1 Å². The molecule has 0 fully saturated rings. The third-order valence-electron chi connectivity index (χ3n) is 4.29. The number of nitrogens with zero attached hydrogens (tertiary/aromatic N) is 3. The summed E-state index contributed by atoms with van der Waals surface area (Å²) >= 11 is 0. The van der Waals surface area contributed by atoms with Gasteiger partial charge in [0.2, 0.25) is 0 Å². The molecular formula is C21H18N4O4. The van der Waals surface area contributed by atoms with Crippen molar-refractivity contribution in [1.82, 2.24) is 9.55 Å². The van der Waals surface area contributed by atoms with Crippen LogP contribution in [0.4, 0.5) is 5.69 Å². The maximum absolute atomic E-state index is 12.5. The van der Waals surface area contributed by atoms with Gasteiger partial charge < -0.3 is 10.1 Å². The van der Waals surface area contributed by atoms with Gasteiger partial charge in [-0.3, -0.25) is 19.0 Å². The summed E-state index contributed by atoms with van der Waals surface area (Å²) in [7, 11) is 0. The molecule has 146 valence electrons. The first-order valence-corrected chi connectivity index (χ1v) is 8.84. The molecule has 0 radical (unpaired) electrons. The molecule has 1 heterocycles. The summed E-state index contributed by atoms with van der Waals surface area (Å²) in [5.74, 6) is -1.29. The number of fused-ring (bicyclic) bond motifs is 1. The number of aryl methyl sites for hydroxylation is 1. The lowest BCUT2D eigenvalue weighted by molar-refractivity contribution is -0.153. The monoisotopic (exact) mass is 390 g/mol. The van der Waals surface area contributed by atoms with Crippen LogP contribution in [0.5, 0.6) is 0 Å². The van der Waals surface area contributed by atoms with Gasteiger partial charge in [0.1, 0.15) is 6.54 Å². The highest BCUT2D eigenvalue weighted by Gasteiger charge is 2.19. The number of esters is 1. The Hall–Kier alpha value is -3.99. The highest BCUT2D eigenvalue weighted by atomic mass is 16.5. The van der Waals surface area contributed by atoms with Gasteiger partial charge in [-0.1, -0.05) is 18.2 Å². The molecule has 8 nitrogen and oxygen atoms in total. The molecule has 1 aromatic heterocycles. The van der Waals surface area contributed by atoms with Crippen molar-refractivity contribution in [2.24, 2.45) is 0 Å². The standard InChI is InChI=1S/C21H18N4O4/c1-13-5-3-8-17-19(13)23-12-25(21(17)28)11-18(26)29-14(2)20(27)24-16-7-4-6-15(9-16)10-22/h3-9,12,14H,11H2,1-2H3,(H,24,27). The van der Waals surface area contributed by atoms with Gasteiger partial charge in [0.15, 0.2) is 6.10 Å². The highest BCUT2D eigenvalue weighted by Crippen LogP contribution is 2.12.